The molecule has 0 aliphatic carbocycles. The summed E-state index contributed by atoms with van der Waals surface area (Å²) in [4.78, 5) is 19.2. The largest absolute Gasteiger partial charge is 0.334 e. The first-order chi connectivity index (χ1) is 16.4. The van der Waals surface area contributed by atoms with Crippen LogP contribution in [0.15, 0.2) is 83.0 Å². The monoisotopic (exact) mass is 494 g/mol. The summed E-state index contributed by atoms with van der Waals surface area (Å²) in [6.45, 7) is 1.78. The molecule has 3 aromatic carbocycles. The maximum absolute atomic E-state index is 14.1. The zero-order valence-electron chi connectivity index (χ0n) is 17.8. The fourth-order valence-electron chi connectivity index (χ4n) is 3.91. The van der Waals surface area contributed by atoms with E-state index in [1.165, 1.54) is 17.0 Å². The zero-order valence-corrected chi connectivity index (χ0v) is 19.3. The van der Waals surface area contributed by atoms with Crippen LogP contribution in [0.3, 0.4) is 0 Å². The SMILES string of the molecule is CC1=C(c2nc(-c3ccc(Cl)cc3)no2)C(c2cccc(F)c2)NC(=O)N1c1ccc(Cl)cc1. The molecule has 1 aliphatic rings. The Morgan fingerprint density at radius 2 is 1.68 bits per heavy atom. The molecule has 0 saturated heterocycles. The van der Waals surface area contributed by atoms with Gasteiger partial charge in [0.25, 0.3) is 5.89 Å². The van der Waals surface area contributed by atoms with E-state index in [9.17, 15) is 9.18 Å². The Balaban J connectivity index is 1.65. The number of aromatic nitrogens is 2. The molecule has 0 bridgehead atoms. The molecule has 1 unspecified atom stereocenters. The van der Waals surface area contributed by atoms with Gasteiger partial charge in [-0.15, -0.1) is 0 Å². The van der Waals surface area contributed by atoms with Crippen molar-refractivity contribution in [1.29, 1.82) is 0 Å². The van der Waals surface area contributed by atoms with Crippen molar-refractivity contribution in [1.82, 2.24) is 15.5 Å². The molecular weight excluding hydrogens is 478 g/mol. The summed E-state index contributed by atoms with van der Waals surface area (Å²) in [5.74, 6) is 0.145. The third kappa shape index (κ3) is 4.16. The van der Waals surface area contributed by atoms with Crippen LogP contribution in [0.1, 0.15) is 24.4 Å². The van der Waals surface area contributed by atoms with Gasteiger partial charge in [-0.25, -0.2) is 9.18 Å². The molecule has 0 radical (unpaired) electrons. The molecule has 9 heteroatoms. The van der Waals surface area contributed by atoms with Crippen molar-refractivity contribution in [3.05, 3.63) is 106 Å². The van der Waals surface area contributed by atoms with E-state index in [1.54, 1.807) is 67.6 Å². The van der Waals surface area contributed by atoms with Crippen LogP contribution in [-0.4, -0.2) is 16.2 Å². The summed E-state index contributed by atoms with van der Waals surface area (Å²) >= 11 is 12.0. The van der Waals surface area contributed by atoms with Crippen LogP contribution in [0.4, 0.5) is 14.9 Å². The van der Waals surface area contributed by atoms with E-state index in [0.717, 1.165) is 5.56 Å². The van der Waals surface area contributed by atoms with E-state index in [1.807, 2.05) is 0 Å². The lowest BCUT2D eigenvalue weighted by molar-refractivity contribution is 0.244. The highest BCUT2D eigenvalue weighted by Crippen LogP contribution is 2.39. The van der Waals surface area contributed by atoms with Crippen LogP contribution >= 0.6 is 23.2 Å². The lowest BCUT2D eigenvalue weighted by Crippen LogP contribution is -2.46. The molecule has 2 amide bonds. The van der Waals surface area contributed by atoms with Crippen molar-refractivity contribution in [3.8, 4) is 11.4 Å². The average Bonchev–Trinajstić information content (AvgIpc) is 3.30. The number of nitrogens with one attached hydrogen (secondary N) is 1. The van der Waals surface area contributed by atoms with Gasteiger partial charge in [-0.1, -0.05) is 40.5 Å². The summed E-state index contributed by atoms with van der Waals surface area (Å²) < 4.78 is 19.7. The Hall–Kier alpha value is -3.68. The van der Waals surface area contributed by atoms with Crippen LogP contribution in [0.25, 0.3) is 17.0 Å². The van der Waals surface area contributed by atoms with Gasteiger partial charge in [-0.05, 0) is 73.2 Å². The van der Waals surface area contributed by atoms with Crippen LogP contribution < -0.4 is 10.2 Å². The van der Waals surface area contributed by atoms with Gasteiger partial charge >= 0.3 is 6.03 Å². The molecular formula is C25H17Cl2FN4O2. The molecule has 5 rings (SSSR count). The summed E-state index contributed by atoms with van der Waals surface area (Å²) in [7, 11) is 0. The van der Waals surface area contributed by atoms with Gasteiger partial charge in [0.2, 0.25) is 5.82 Å². The van der Waals surface area contributed by atoms with Crippen molar-refractivity contribution in [3.63, 3.8) is 0 Å². The Bertz CT molecular complexity index is 1400. The number of allylic oxidation sites excluding steroid dienone is 1. The molecule has 4 aromatic rings. The first-order valence-corrected chi connectivity index (χ1v) is 11.1. The predicted octanol–water partition coefficient (Wildman–Crippen LogP) is 6.88. The summed E-state index contributed by atoms with van der Waals surface area (Å²) in [6.07, 6.45) is 0. The summed E-state index contributed by atoms with van der Waals surface area (Å²) in [5.41, 5.74) is 2.98. The molecule has 1 N–H and O–H groups in total. The van der Waals surface area contributed by atoms with Crippen molar-refractivity contribution in [2.24, 2.45) is 0 Å². The Morgan fingerprint density at radius 3 is 2.35 bits per heavy atom. The number of rotatable bonds is 4. The van der Waals surface area contributed by atoms with Gasteiger partial charge in [-0.3, -0.25) is 4.90 Å². The minimum absolute atomic E-state index is 0.204. The molecule has 1 atom stereocenters. The van der Waals surface area contributed by atoms with Gasteiger partial charge in [-0.2, -0.15) is 4.98 Å². The van der Waals surface area contributed by atoms with Crippen LogP contribution in [-0.2, 0) is 0 Å². The lowest BCUT2D eigenvalue weighted by Gasteiger charge is -2.35. The number of urea groups is 1. The number of halogens is 3. The molecule has 0 fully saturated rings. The molecule has 1 aromatic heterocycles. The number of amides is 2. The molecule has 170 valence electrons. The van der Waals surface area contributed by atoms with E-state index in [0.29, 0.717) is 38.4 Å². The molecule has 0 spiro atoms. The quantitative estimate of drug-likeness (QED) is 0.335. The fraction of sp³-hybridized carbons (Fsp3) is 0.0800. The normalized spacial score (nSPS) is 16.1. The first kappa shape index (κ1) is 22.1. The van der Waals surface area contributed by atoms with Gasteiger partial charge in [0.05, 0.1) is 17.3 Å². The van der Waals surface area contributed by atoms with Gasteiger partial charge in [0, 0.05) is 21.3 Å². The standard InChI is InChI=1S/C25H17Cl2FN4O2/c1-14-21(24-30-23(31-34-24)15-5-7-17(26)8-6-15)22(16-3-2-4-19(28)13-16)29-25(33)32(14)20-11-9-18(27)10-12-20/h2-13,22H,1H3,(H,29,33). The number of nitrogens with zero attached hydrogens (tertiary/aromatic N) is 3. The Kier molecular flexibility index (Phi) is 5.81. The third-order valence-electron chi connectivity index (χ3n) is 5.51. The topological polar surface area (TPSA) is 71.3 Å². The van der Waals surface area contributed by atoms with E-state index in [4.69, 9.17) is 27.7 Å². The maximum Gasteiger partial charge on any atom is 0.326 e. The minimum atomic E-state index is -0.703. The molecule has 2 heterocycles. The highest BCUT2D eigenvalue weighted by molar-refractivity contribution is 6.31. The summed E-state index contributed by atoms with van der Waals surface area (Å²) in [5, 5.41) is 8.19. The molecule has 34 heavy (non-hydrogen) atoms. The minimum Gasteiger partial charge on any atom is -0.334 e. The van der Waals surface area contributed by atoms with Crippen LogP contribution in [0.5, 0.6) is 0 Å². The number of carbonyl (C=O) groups excluding carboxylic acids is 1. The first-order valence-electron chi connectivity index (χ1n) is 10.3. The average molecular weight is 495 g/mol. The molecule has 6 nitrogen and oxygen atoms in total. The predicted molar refractivity (Wildman–Crippen MR) is 129 cm³/mol. The van der Waals surface area contributed by atoms with E-state index < -0.39 is 11.9 Å². The second-order valence-corrected chi connectivity index (χ2v) is 8.55. The second-order valence-electron chi connectivity index (χ2n) is 7.68. The Morgan fingerprint density at radius 1 is 1.00 bits per heavy atom. The van der Waals surface area contributed by atoms with Crippen molar-refractivity contribution < 1.29 is 13.7 Å². The van der Waals surface area contributed by atoms with Crippen LogP contribution in [0.2, 0.25) is 10.0 Å². The van der Waals surface area contributed by atoms with Gasteiger partial charge in [0.1, 0.15) is 5.82 Å². The number of benzene rings is 3. The van der Waals surface area contributed by atoms with E-state index in [-0.39, 0.29) is 11.9 Å². The fourth-order valence-corrected chi connectivity index (χ4v) is 4.16. The Labute approximate surface area is 204 Å². The van der Waals surface area contributed by atoms with Crippen molar-refractivity contribution in [2.75, 3.05) is 4.90 Å². The highest BCUT2D eigenvalue weighted by atomic mass is 35.5. The second kappa shape index (κ2) is 8.93. The van der Waals surface area contributed by atoms with Crippen molar-refractivity contribution in [2.45, 2.75) is 13.0 Å². The number of hydrogen-bond donors (Lipinski definition) is 1. The lowest BCUT2D eigenvalue weighted by atomic mass is 9.94. The van der Waals surface area contributed by atoms with E-state index >= 15 is 0 Å². The third-order valence-corrected chi connectivity index (χ3v) is 6.01. The summed E-state index contributed by atoms with van der Waals surface area (Å²) in [6, 6.07) is 18.8. The van der Waals surface area contributed by atoms with Gasteiger partial charge in [0.15, 0.2) is 0 Å². The number of carbonyl (C=O) groups is 1. The number of hydrogen-bond acceptors (Lipinski definition) is 4. The molecule has 1 aliphatic heterocycles. The van der Waals surface area contributed by atoms with Crippen molar-refractivity contribution >= 4 is 40.5 Å². The van der Waals surface area contributed by atoms with Gasteiger partial charge < -0.3 is 9.84 Å². The van der Waals surface area contributed by atoms with E-state index in [2.05, 4.69) is 15.5 Å². The van der Waals surface area contributed by atoms with Crippen LogP contribution in [0, 0.1) is 5.82 Å². The number of anilines is 1. The maximum atomic E-state index is 14.1. The smallest absolute Gasteiger partial charge is 0.326 e. The highest BCUT2D eigenvalue weighted by Gasteiger charge is 2.36. The zero-order chi connectivity index (χ0) is 23.8. The molecule has 0 saturated carbocycles.